The van der Waals surface area contributed by atoms with E-state index in [0.29, 0.717) is 11.0 Å². The lowest BCUT2D eigenvalue weighted by molar-refractivity contribution is -0.117. The topological polar surface area (TPSA) is 66.9 Å². The van der Waals surface area contributed by atoms with Crippen molar-refractivity contribution in [1.82, 2.24) is 15.5 Å². The van der Waals surface area contributed by atoms with E-state index in [4.69, 9.17) is 0 Å². The zero-order valence-corrected chi connectivity index (χ0v) is 12.2. The van der Waals surface area contributed by atoms with Gasteiger partial charge in [-0.1, -0.05) is 25.2 Å². The van der Waals surface area contributed by atoms with Crippen molar-refractivity contribution in [2.45, 2.75) is 39.2 Å². The fourth-order valence-electron chi connectivity index (χ4n) is 1.84. The second kappa shape index (κ2) is 7.01. The number of nitrogens with one attached hydrogen (secondary N) is 2. The lowest BCUT2D eigenvalue weighted by atomic mass is 10.1. The maximum absolute atomic E-state index is 11.8. The van der Waals surface area contributed by atoms with Crippen LogP contribution in [0.5, 0.6) is 0 Å². The number of rotatable bonds is 4. The molecular weight excluding hydrogens is 272 g/mol. The fraction of sp³-hybridized carbons (Fsp3) is 0.727. The van der Waals surface area contributed by atoms with Crippen molar-refractivity contribution in [2.75, 3.05) is 11.9 Å². The van der Waals surface area contributed by atoms with E-state index >= 15 is 0 Å². The zero-order chi connectivity index (χ0) is 12.3. The van der Waals surface area contributed by atoms with Crippen LogP contribution in [-0.4, -0.2) is 28.7 Å². The quantitative estimate of drug-likeness (QED) is 0.888. The summed E-state index contributed by atoms with van der Waals surface area (Å²) < 4.78 is 0. The highest BCUT2D eigenvalue weighted by Crippen LogP contribution is 2.19. The summed E-state index contributed by atoms with van der Waals surface area (Å²) in [5.41, 5.74) is 0. The fourth-order valence-corrected chi connectivity index (χ4v) is 2.79. The third kappa shape index (κ3) is 4.19. The first-order valence-corrected chi connectivity index (χ1v) is 6.83. The molecule has 1 saturated heterocycles. The molecule has 1 atom stereocenters. The third-order valence-electron chi connectivity index (χ3n) is 2.66. The van der Waals surface area contributed by atoms with Gasteiger partial charge in [-0.3, -0.25) is 10.1 Å². The van der Waals surface area contributed by atoms with Gasteiger partial charge in [0.1, 0.15) is 5.01 Å². The average Bonchev–Trinajstić information content (AvgIpc) is 2.87. The minimum atomic E-state index is -0.0625. The van der Waals surface area contributed by atoms with Crippen LogP contribution in [0, 0.1) is 5.92 Å². The molecule has 0 unspecified atom stereocenters. The largest absolute Gasteiger partial charge is 0.306 e. The number of carbonyl (C=O) groups excluding carboxylic acids is 1. The predicted molar refractivity (Wildman–Crippen MR) is 75.4 cm³/mol. The van der Waals surface area contributed by atoms with Crippen LogP contribution in [0.15, 0.2) is 0 Å². The molecule has 0 aliphatic carbocycles. The van der Waals surface area contributed by atoms with Crippen LogP contribution in [0.1, 0.15) is 31.7 Å². The van der Waals surface area contributed by atoms with Gasteiger partial charge >= 0.3 is 0 Å². The molecule has 0 bridgehead atoms. The standard InChI is InChI=1S/C11H18N4OS.ClH/c1-7(2)6-9-14-15-11(17-9)13-10(16)8-4-3-5-12-8;/h7-8,12H,3-6H2,1-2H3,(H,13,15,16);1H/t8-;/m0./s1. The van der Waals surface area contributed by atoms with E-state index in [0.717, 1.165) is 30.8 Å². The Morgan fingerprint density at radius 2 is 2.33 bits per heavy atom. The molecule has 7 heteroatoms. The van der Waals surface area contributed by atoms with Crippen molar-refractivity contribution in [1.29, 1.82) is 0 Å². The Labute approximate surface area is 117 Å². The van der Waals surface area contributed by atoms with Gasteiger partial charge in [0.05, 0.1) is 6.04 Å². The van der Waals surface area contributed by atoms with Crippen LogP contribution >= 0.6 is 23.7 Å². The highest BCUT2D eigenvalue weighted by molar-refractivity contribution is 7.15. The van der Waals surface area contributed by atoms with Crippen LogP contribution in [0.3, 0.4) is 0 Å². The van der Waals surface area contributed by atoms with E-state index in [2.05, 4.69) is 34.7 Å². The summed E-state index contributed by atoms with van der Waals surface area (Å²) in [5, 5.41) is 15.6. The molecule has 0 spiro atoms. The Morgan fingerprint density at radius 3 is 2.94 bits per heavy atom. The Morgan fingerprint density at radius 1 is 1.56 bits per heavy atom. The normalized spacial score (nSPS) is 18.7. The molecule has 1 aliphatic rings. The number of anilines is 1. The van der Waals surface area contributed by atoms with E-state index in [9.17, 15) is 4.79 Å². The summed E-state index contributed by atoms with van der Waals surface area (Å²) in [6.07, 6.45) is 2.88. The minimum Gasteiger partial charge on any atom is -0.306 e. The first kappa shape index (κ1) is 15.3. The predicted octanol–water partition coefficient (Wildman–Crippen LogP) is 1.85. The number of hydrogen-bond donors (Lipinski definition) is 2. The smallest absolute Gasteiger partial charge is 0.243 e. The van der Waals surface area contributed by atoms with Gasteiger partial charge in [-0.2, -0.15) is 0 Å². The Balaban J connectivity index is 0.00000162. The van der Waals surface area contributed by atoms with Crippen molar-refractivity contribution in [3.63, 3.8) is 0 Å². The van der Waals surface area contributed by atoms with E-state index < -0.39 is 0 Å². The van der Waals surface area contributed by atoms with Gasteiger partial charge in [-0.15, -0.1) is 22.6 Å². The molecule has 0 saturated carbocycles. The van der Waals surface area contributed by atoms with Gasteiger partial charge in [0.2, 0.25) is 11.0 Å². The molecular formula is C11H19ClN4OS. The number of amides is 1. The third-order valence-corrected chi connectivity index (χ3v) is 3.52. The first-order valence-electron chi connectivity index (χ1n) is 6.02. The molecule has 5 nitrogen and oxygen atoms in total. The second-order valence-electron chi connectivity index (χ2n) is 4.74. The summed E-state index contributed by atoms with van der Waals surface area (Å²) in [7, 11) is 0. The monoisotopic (exact) mass is 290 g/mol. The second-order valence-corrected chi connectivity index (χ2v) is 5.80. The summed E-state index contributed by atoms with van der Waals surface area (Å²) in [5.74, 6) is 0.567. The van der Waals surface area contributed by atoms with E-state index in [-0.39, 0.29) is 24.4 Å². The molecule has 0 aromatic carbocycles. The van der Waals surface area contributed by atoms with Gasteiger partial charge in [-0.25, -0.2) is 0 Å². The molecule has 2 N–H and O–H groups in total. The van der Waals surface area contributed by atoms with Gasteiger partial charge in [0.15, 0.2) is 0 Å². The molecule has 0 radical (unpaired) electrons. The van der Waals surface area contributed by atoms with Crippen LogP contribution in [0.2, 0.25) is 0 Å². The highest BCUT2D eigenvalue weighted by atomic mass is 35.5. The average molecular weight is 291 g/mol. The van der Waals surface area contributed by atoms with Crippen molar-refractivity contribution >= 4 is 34.8 Å². The van der Waals surface area contributed by atoms with Crippen LogP contribution in [0.25, 0.3) is 0 Å². The Bertz CT molecular complexity index is 390. The number of carbonyl (C=O) groups is 1. The first-order chi connectivity index (χ1) is 8.15. The SMILES string of the molecule is CC(C)Cc1nnc(NC(=O)[C@@H]2CCCN2)s1.Cl. The maximum atomic E-state index is 11.8. The van der Waals surface area contributed by atoms with Gasteiger partial charge < -0.3 is 5.32 Å². The van der Waals surface area contributed by atoms with Gasteiger partial charge in [-0.05, 0) is 25.3 Å². The summed E-state index contributed by atoms with van der Waals surface area (Å²) in [6, 6.07) is -0.0625. The Hall–Kier alpha value is -0.720. The van der Waals surface area contributed by atoms with Crippen LogP contribution in [0.4, 0.5) is 5.13 Å². The van der Waals surface area contributed by atoms with Crippen molar-refractivity contribution in [3.8, 4) is 0 Å². The van der Waals surface area contributed by atoms with Crippen LogP contribution < -0.4 is 10.6 Å². The molecule has 2 heterocycles. The highest BCUT2D eigenvalue weighted by Gasteiger charge is 2.22. The zero-order valence-electron chi connectivity index (χ0n) is 10.6. The van der Waals surface area contributed by atoms with Crippen molar-refractivity contribution < 1.29 is 4.79 Å². The molecule has 1 aromatic rings. The molecule has 2 rings (SSSR count). The van der Waals surface area contributed by atoms with E-state index in [1.165, 1.54) is 11.3 Å². The van der Waals surface area contributed by atoms with Gasteiger partial charge in [0, 0.05) is 6.42 Å². The molecule has 1 aliphatic heterocycles. The van der Waals surface area contributed by atoms with E-state index in [1.54, 1.807) is 0 Å². The van der Waals surface area contributed by atoms with Crippen molar-refractivity contribution in [2.24, 2.45) is 5.92 Å². The molecule has 1 amide bonds. The number of halogens is 1. The summed E-state index contributed by atoms with van der Waals surface area (Å²) >= 11 is 1.47. The van der Waals surface area contributed by atoms with Crippen molar-refractivity contribution in [3.05, 3.63) is 5.01 Å². The molecule has 1 aromatic heterocycles. The number of aromatic nitrogens is 2. The summed E-state index contributed by atoms with van der Waals surface area (Å²) in [6.45, 7) is 5.21. The molecule has 18 heavy (non-hydrogen) atoms. The Kier molecular flexibility index (Phi) is 5.98. The molecule has 1 fully saturated rings. The lowest BCUT2D eigenvalue weighted by Crippen LogP contribution is -2.35. The molecule has 102 valence electrons. The number of nitrogens with zero attached hydrogens (tertiary/aromatic N) is 2. The maximum Gasteiger partial charge on any atom is 0.243 e. The number of hydrogen-bond acceptors (Lipinski definition) is 5. The minimum absolute atomic E-state index is 0. The van der Waals surface area contributed by atoms with Gasteiger partial charge in [0.25, 0.3) is 0 Å². The lowest BCUT2D eigenvalue weighted by Gasteiger charge is -2.07. The summed E-state index contributed by atoms with van der Waals surface area (Å²) in [4.78, 5) is 11.8. The van der Waals surface area contributed by atoms with E-state index in [1.807, 2.05) is 0 Å². The van der Waals surface area contributed by atoms with Crippen LogP contribution in [-0.2, 0) is 11.2 Å².